The maximum Gasteiger partial charge on any atom is 0.269 e. The van der Waals surface area contributed by atoms with Crippen LogP contribution in [0.3, 0.4) is 0 Å². The normalized spacial score (nSPS) is 29.0. The Kier molecular flexibility index (Phi) is 4.56. The minimum Gasteiger partial charge on any atom is -0.364 e. The Bertz CT molecular complexity index is 1320. The molecule has 3 amide bonds. The van der Waals surface area contributed by atoms with Crippen molar-refractivity contribution in [3.8, 4) is 0 Å². The molecule has 8 nitrogen and oxygen atoms in total. The van der Waals surface area contributed by atoms with E-state index >= 15 is 0 Å². The van der Waals surface area contributed by atoms with Crippen LogP contribution in [0.2, 0.25) is 0 Å². The number of carbonyl (C=O) groups is 3. The third-order valence-electron chi connectivity index (χ3n) is 7.72. The number of benzene rings is 2. The van der Waals surface area contributed by atoms with Gasteiger partial charge in [0.1, 0.15) is 12.6 Å². The van der Waals surface area contributed by atoms with Gasteiger partial charge in [-0.05, 0) is 43.7 Å². The number of nitrogens with two attached hydrogens (primary N) is 1. The molecule has 0 spiro atoms. The summed E-state index contributed by atoms with van der Waals surface area (Å²) in [6.07, 6.45) is 2.53. The summed E-state index contributed by atoms with van der Waals surface area (Å²) in [6.45, 7) is 2.04. The zero-order valence-electron chi connectivity index (χ0n) is 19.0. The highest BCUT2D eigenvalue weighted by Crippen LogP contribution is 2.52. The van der Waals surface area contributed by atoms with Gasteiger partial charge in [0.05, 0.1) is 5.52 Å². The summed E-state index contributed by atoms with van der Waals surface area (Å²) in [5.41, 5.74) is 7.26. The number of likely N-dealkylation sites (tertiary alicyclic amines) is 1. The van der Waals surface area contributed by atoms with Gasteiger partial charge in [-0.2, -0.15) is 5.10 Å². The van der Waals surface area contributed by atoms with E-state index < -0.39 is 11.9 Å². The minimum absolute atomic E-state index is 0.0370. The van der Waals surface area contributed by atoms with Crippen molar-refractivity contribution in [2.75, 3.05) is 0 Å². The largest absolute Gasteiger partial charge is 0.364 e. The maximum atomic E-state index is 13.4. The summed E-state index contributed by atoms with van der Waals surface area (Å²) in [4.78, 5) is 40.3. The first kappa shape index (κ1) is 20.9. The number of nitrogens with zero attached hydrogens (tertiary/aromatic N) is 3. The molecule has 2 heterocycles. The third-order valence-corrected chi connectivity index (χ3v) is 7.72. The number of carbonyl (C=O) groups excluding carboxylic acids is 3. The molecule has 0 radical (unpaired) electrons. The van der Waals surface area contributed by atoms with Crippen LogP contribution in [0.1, 0.15) is 48.2 Å². The van der Waals surface area contributed by atoms with E-state index in [1.54, 1.807) is 17.0 Å². The molecule has 174 valence electrons. The van der Waals surface area contributed by atoms with Gasteiger partial charge in [0.15, 0.2) is 5.69 Å². The van der Waals surface area contributed by atoms with Crippen LogP contribution in [0, 0.1) is 5.92 Å². The van der Waals surface area contributed by atoms with Crippen LogP contribution in [-0.2, 0) is 16.1 Å². The number of hydrogen-bond donors (Lipinski definition) is 2. The molecule has 3 N–H and O–H groups in total. The number of hydrogen-bond acceptors (Lipinski definition) is 4. The van der Waals surface area contributed by atoms with Crippen molar-refractivity contribution in [2.24, 2.45) is 11.7 Å². The highest BCUT2D eigenvalue weighted by atomic mass is 16.2. The molecule has 1 aromatic heterocycles. The van der Waals surface area contributed by atoms with E-state index in [-0.39, 0.29) is 35.6 Å². The van der Waals surface area contributed by atoms with Crippen molar-refractivity contribution in [1.82, 2.24) is 20.0 Å². The molecule has 2 saturated carbocycles. The first-order valence-electron chi connectivity index (χ1n) is 11.8. The van der Waals surface area contributed by atoms with E-state index in [2.05, 4.69) is 29.5 Å². The average molecular weight is 458 g/mol. The van der Waals surface area contributed by atoms with Gasteiger partial charge >= 0.3 is 0 Å². The van der Waals surface area contributed by atoms with Crippen molar-refractivity contribution < 1.29 is 14.4 Å². The van der Waals surface area contributed by atoms with Crippen LogP contribution >= 0.6 is 0 Å². The lowest BCUT2D eigenvalue weighted by Gasteiger charge is -2.28. The van der Waals surface area contributed by atoms with Crippen molar-refractivity contribution in [1.29, 1.82) is 0 Å². The standard InChI is InChI=1S/C26H27N5O3/c1-26(13-18(26)15-7-3-2-4-8-15)28-25(34)21-12-16-11-20(16)31(21)22(32)14-30-19-10-6-5-9-17(19)23(29-30)24(27)33/h2-10,16,18,20-21H,11-14H2,1H3,(H2,27,33)(H,28,34)/t16-,18?,20-,21+,26?/m1/s1. The van der Waals surface area contributed by atoms with Crippen molar-refractivity contribution in [2.45, 2.75) is 56.3 Å². The van der Waals surface area contributed by atoms with Gasteiger partial charge in [-0.1, -0.05) is 48.5 Å². The van der Waals surface area contributed by atoms with Crippen molar-refractivity contribution in [3.63, 3.8) is 0 Å². The summed E-state index contributed by atoms with van der Waals surface area (Å²) in [5, 5.41) is 8.18. The summed E-state index contributed by atoms with van der Waals surface area (Å²) in [7, 11) is 0. The van der Waals surface area contributed by atoms with Crippen LogP contribution in [0.4, 0.5) is 0 Å². The van der Waals surface area contributed by atoms with Crippen LogP contribution in [0.5, 0.6) is 0 Å². The lowest BCUT2D eigenvalue weighted by Crippen LogP contribution is -2.51. The highest BCUT2D eigenvalue weighted by molar-refractivity contribution is 6.04. The first-order chi connectivity index (χ1) is 16.4. The lowest BCUT2D eigenvalue weighted by molar-refractivity contribution is -0.140. The zero-order chi connectivity index (χ0) is 23.6. The second-order valence-electron chi connectivity index (χ2n) is 10.1. The quantitative estimate of drug-likeness (QED) is 0.591. The van der Waals surface area contributed by atoms with Gasteiger partial charge in [-0.25, -0.2) is 0 Å². The molecule has 34 heavy (non-hydrogen) atoms. The number of rotatable bonds is 6. The van der Waals surface area contributed by atoms with Crippen molar-refractivity contribution in [3.05, 3.63) is 65.9 Å². The second-order valence-corrected chi connectivity index (χ2v) is 10.1. The number of amides is 3. The molecule has 5 atom stereocenters. The fourth-order valence-corrected chi connectivity index (χ4v) is 5.73. The van der Waals surface area contributed by atoms with Crippen LogP contribution in [0.25, 0.3) is 10.9 Å². The molecule has 3 fully saturated rings. The minimum atomic E-state index is -0.631. The molecule has 6 rings (SSSR count). The Hall–Kier alpha value is -3.68. The molecule has 2 aromatic carbocycles. The number of nitrogens with one attached hydrogen (secondary N) is 1. The number of piperidine rings is 1. The SMILES string of the molecule is CC1(NC(=O)[C@@H]2C[C@H]3C[C@H]3N2C(=O)Cn2nc(C(N)=O)c3ccccc32)CC1c1ccccc1. The van der Waals surface area contributed by atoms with Gasteiger partial charge in [0.2, 0.25) is 11.8 Å². The van der Waals surface area contributed by atoms with Crippen LogP contribution in [0.15, 0.2) is 54.6 Å². The lowest BCUT2D eigenvalue weighted by atomic mass is 10.1. The average Bonchev–Trinajstić information content (AvgIpc) is 3.65. The van der Waals surface area contributed by atoms with Crippen molar-refractivity contribution >= 4 is 28.6 Å². The van der Waals surface area contributed by atoms with E-state index in [4.69, 9.17) is 5.73 Å². The molecule has 2 unspecified atom stereocenters. The van der Waals surface area contributed by atoms with Gasteiger partial charge in [-0.3, -0.25) is 19.1 Å². The smallest absolute Gasteiger partial charge is 0.269 e. The molecule has 8 heteroatoms. The Morgan fingerprint density at radius 3 is 2.59 bits per heavy atom. The predicted octanol–water partition coefficient (Wildman–Crippen LogP) is 2.19. The number of aromatic nitrogens is 2. The molecule has 1 saturated heterocycles. The third kappa shape index (κ3) is 3.36. The van der Waals surface area contributed by atoms with Gasteiger partial charge < -0.3 is 16.0 Å². The van der Waals surface area contributed by atoms with E-state index in [1.807, 2.05) is 30.3 Å². The molecular weight excluding hydrogens is 430 g/mol. The summed E-state index contributed by atoms with van der Waals surface area (Å²) >= 11 is 0. The Balaban J connectivity index is 1.19. The highest BCUT2D eigenvalue weighted by Gasteiger charge is 2.58. The van der Waals surface area contributed by atoms with E-state index in [0.717, 1.165) is 12.8 Å². The van der Waals surface area contributed by atoms with Gasteiger partial charge in [0, 0.05) is 22.9 Å². The molecule has 1 aliphatic heterocycles. The maximum absolute atomic E-state index is 13.4. The van der Waals surface area contributed by atoms with Gasteiger partial charge in [-0.15, -0.1) is 0 Å². The van der Waals surface area contributed by atoms with Gasteiger partial charge in [0.25, 0.3) is 5.91 Å². The number of para-hydroxylation sites is 1. The summed E-state index contributed by atoms with van der Waals surface area (Å²) in [5.74, 6) is -0.194. The molecule has 2 aliphatic carbocycles. The van der Waals surface area contributed by atoms with E-state index in [9.17, 15) is 14.4 Å². The Morgan fingerprint density at radius 1 is 1.09 bits per heavy atom. The fraction of sp³-hybridized carbons (Fsp3) is 0.385. The molecule has 3 aromatic rings. The van der Waals surface area contributed by atoms with E-state index in [0.29, 0.717) is 29.2 Å². The van der Waals surface area contributed by atoms with E-state index in [1.165, 1.54) is 10.2 Å². The molecule has 0 bridgehead atoms. The molecule has 3 aliphatic rings. The summed E-state index contributed by atoms with van der Waals surface area (Å²) in [6, 6.07) is 17.1. The zero-order valence-corrected chi connectivity index (χ0v) is 19.0. The first-order valence-corrected chi connectivity index (χ1v) is 11.8. The Morgan fingerprint density at radius 2 is 1.82 bits per heavy atom. The Labute approximate surface area is 197 Å². The van der Waals surface area contributed by atoms with Crippen LogP contribution in [-0.4, -0.2) is 50.0 Å². The second kappa shape index (κ2) is 7.41. The number of primary amides is 1. The predicted molar refractivity (Wildman–Crippen MR) is 126 cm³/mol. The monoisotopic (exact) mass is 457 g/mol. The topological polar surface area (TPSA) is 110 Å². The number of fused-ring (bicyclic) bond motifs is 2. The molecular formula is C26H27N5O3. The summed E-state index contributed by atoms with van der Waals surface area (Å²) < 4.78 is 1.52. The van der Waals surface area contributed by atoms with Crippen LogP contribution < -0.4 is 11.1 Å². The fourth-order valence-electron chi connectivity index (χ4n) is 5.73.